The summed E-state index contributed by atoms with van der Waals surface area (Å²) in [6.45, 7) is 4.73. The Morgan fingerprint density at radius 2 is 2.17 bits per heavy atom. The average molecular weight is 249 g/mol. The summed E-state index contributed by atoms with van der Waals surface area (Å²) in [5.74, 6) is 0.631. The fourth-order valence-electron chi connectivity index (χ4n) is 1.96. The molecule has 1 aliphatic rings. The van der Waals surface area contributed by atoms with Gasteiger partial charge in [0.2, 0.25) is 0 Å². The number of nitrogens with zero attached hydrogens (tertiary/aromatic N) is 1. The zero-order chi connectivity index (χ0) is 13.3. The van der Waals surface area contributed by atoms with E-state index >= 15 is 0 Å². The number of ether oxygens (including phenoxy) is 1. The van der Waals surface area contributed by atoms with Gasteiger partial charge in [0.15, 0.2) is 6.61 Å². The van der Waals surface area contributed by atoms with Crippen molar-refractivity contribution in [3.05, 3.63) is 23.8 Å². The quantitative estimate of drug-likeness (QED) is 0.822. The Bertz CT molecular complexity index is 466. The SMILES string of the molecule is CC(C)(N)CN1C(=O)COc2ccc(CN)cc21. The summed E-state index contributed by atoms with van der Waals surface area (Å²) < 4.78 is 5.41. The molecule has 0 spiro atoms. The minimum absolute atomic E-state index is 0.0606. The molecule has 98 valence electrons. The van der Waals surface area contributed by atoms with Gasteiger partial charge in [-0.15, -0.1) is 0 Å². The molecule has 0 fully saturated rings. The maximum Gasteiger partial charge on any atom is 0.265 e. The smallest absolute Gasteiger partial charge is 0.265 e. The molecular formula is C13H19N3O2. The van der Waals surface area contributed by atoms with E-state index in [1.165, 1.54) is 0 Å². The Morgan fingerprint density at radius 1 is 1.44 bits per heavy atom. The van der Waals surface area contributed by atoms with Gasteiger partial charge in [-0.1, -0.05) is 6.07 Å². The number of hydrogen-bond acceptors (Lipinski definition) is 4. The van der Waals surface area contributed by atoms with E-state index in [2.05, 4.69) is 0 Å². The van der Waals surface area contributed by atoms with Gasteiger partial charge < -0.3 is 21.1 Å². The molecule has 1 aliphatic heterocycles. The largest absolute Gasteiger partial charge is 0.482 e. The third-order valence-electron chi connectivity index (χ3n) is 2.77. The van der Waals surface area contributed by atoms with Gasteiger partial charge in [0.25, 0.3) is 5.91 Å². The van der Waals surface area contributed by atoms with Crippen LogP contribution in [-0.2, 0) is 11.3 Å². The summed E-state index contributed by atoms with van der Waals surface area (Å²) in [4.78, 5) is 13.6. The zero-order valence-electron chi connectivity index (χ0n) is 10.8. The third-order valence-corrected chi connectivity index (χ3v) is 2.77. The van der Waals surface area contributed by atoms with Crippen molar-refractivity contribution in [2.75, 3.05) is 18.1 Å². The van der Waals surface area contributed by atoms with Crippen LogP contribution in [0.5, 0.6) is 5.75 Å². The van der Waals surface area contributed by atoms with Gasteiger partial charge in [0, 0.05) is 18.6 Å². The van der Waals surface area contributed by atoms with Crippen LogP contribution in [0.4, 0.5) is 5.69 Å². The number of carbonyl (C=O) groups excluding carboxylic acids is 1. The number of fused-ring (bicyclic) bond motifs is 1. The molecule has 18 heavy (non-hydrogen) atoms. The molecule has 0 bridgehead atoms. The lowest BCUT2D eigenvalue weighted by atomic mass is 10.0. The molecule has 5 heteroatoms. The molecule has 0 radical (unpaired) electrons. The Labute approximate surface area is 107 Å². The van der Waals surface area contributed by atoms with Crippen molar-refractivity contribution >= 4 is 11.6 Å². The predicted molar refractivity (Wildman–Crippen MR) is 70.4 cm³/mol. The van der Waals surface area contributed by atoms with Gasteiger partial charge >= 0.3 is 0 Å². The van der Waals surface area contributed by atoms with Crippen LogP contribution in [0.15, 0.2) is 18.2 Å². The molecule has 1 aromatic carbocycles. The van der Waals surface area contributed by atoms with Crippen molar-refractivity contribution < 1.29 is 9.53 Å². The molecule has 5 nitrogen and oxygen atoms in total. The first kappa shape index (κ1) is 12.9. The number of amides is 1. The molecule has 1 aromatic rings. The fraction of sp³-hybridized carbons (Fsp3) is 0.462. The summed E-state index contributed by atoms with van der Waals surface area (Å²) in [5.41, 5.74) is 12.9. The van der Waals surface area contributed by atoms with Crippen LogP contribution < -0.4 is 21.1 Å². The second-order valence-corrected chi connectivity index (χ2v) is 5.26. The van der Waals surface area contributed by atoms with Gasteiger partial charge in [0.05, 0.1) is 5.69 Å². The van der Waals surface area contributed by atoms with Gasteiger partial charge in [-0.2, -0.15) is 0 Å². The van der Waals surface area contributed by atoms with Crippen LogP contribution in [0.25, 0.3) is 0 Å². The molecule has 0 saturated heterocycles. The molecule has 2 rings (SSSR count). The molecule has 0 atom stereocenters. The summed E-state index contributed by atoms with van der Waals surface area (Å²) >= 11 is 0. The maximum absolute atomic E-state index is 11.9. The zero-order valence-corrected chi connectivity index (χ0v) is 10.8. The minimum atomic E-state index is -0.455. The Balaban J connectivity index is 2.39. The number of carbonyl (C=O) groups is 1. The predicted octanol–water partition coefficient (Wildman–Crippen LogP) is 0.608. The van der Waals surface area contributed by atoms with Crippen molar-refractivity contribution in [1.82, 2.24) is 0 Å². The van der Waals surface area contributed by atoms with Gasteiger partial charge in [-0.3, -0.25) is 4.79 Å². The summed E-state index contributed by atoms with van der Waals surface area (Å²) in [5, 5.41) is 0. The van der Waals surface area contributed by atoms with Crippen LogP contribution in [0.1, 0.15) is 19.4 Å². The van der Waals surface area contributed by atoms with E-state index in [-0.39, 0.29) is 12.5 Å². The number of benzene rings is 1. The lowest BCUT2D eigenvalue weighted by Gasteiger charge is -2.34. The summed E-state index contributed by atoms with van der Waals surface area (Å²) in [7, 11) is 0. The fourth-order valence-corrected chi connectivity index (χ4v) is 1.96. The first-order chi connectivity index (χ1) is 8.40. The normalized spacial score (nSPS) is 15.3. The van der Waals surface area contributed by atoms with Crippen LogP contribution in [0, 0.1) is 0 Å². The van der Waals surface area contributed by atoms with E-state index in [1.54, 1.807) is 4.90 Å². The van der Waals surface area contributed by atoms with Crippen LogP contribution >= 0.6 is 0 Å². The van der Waals surface area contributed by atoms with Crippen molar-refractivity contribution in [3.63, 3.8) is 0 Å². The van der Waals surface area contributed by atoms with Gasteiger partial charge in [-0.05, 0) is 31.5 Å². The number of anilines is 1. The van der Waals surface area contributed by atoms with E-state index in [9.17, 15) is 4.79 Å². The number of rotatable bonds is 3. The Morgan fingerprint density at radius 3 is 2.78 bits per heavy atom. The first-order valence-electron chi connectivity index (χ1n) is 5.96. The lowest BCUT2D eigenvalue weighted by molar-refractivity contribution is -0.121. The van der Waals surface area contributed by atoms with Crippen molar-refractivity contribution in [3.8, 4) is 5.75 Å². The Kier molecular flexibility index (Phi) is 3.28. The van der Waals surface area contributed by atoms with Crippen LogP contribution in [0.3, 0.4) is 0 Å². The summed E-state index contributed by atoms with van der Waals surface area (Å²) in [6, 6.07) is 5.64. The topological polar surface area (TPSA) is 81.6 Å². The highest BCUT2D eigenvalue weighted by Crippen LogP contribution is 2.33. The van der Waals surface area contributed by atoms with E-state index in [4.69, 9.17) is 16.2 Å². The highest BCUT2D eigenvalue weighted by molar-refractivity contribution is 5.98. The third kappa shape index (κ3) is 2.63. The standard InChI is InChI=1S/C13H19N3O2/c1-13(2,15)8-16-10-5-9(6-14)3-4-11(10)18-7-12(16)17/h3-5H,6-8,14-15H2,1-2H3. The van der Waals surface area contributed by atoms with Crippen LogP contribution in [-0.4, -0.2) is 24.6 Å². The second-order valence-electron chi connectivity index (χ2n) is 5.26. The average Bonchev–Trinajstić information content (AvgIpc) is 2.31. The van der Waals surface area contributed by atoms with Crippen LogP contribution in [0.2, 0.25) is 0 Å². The van der Waals surface area contributed by atoms with Gasteiger partial charge in [0.1, 0.15) is 5.75 Å². The van der Waals surface area contributed by atoms with Crippen molar-refractivity contribution in [1.29, 1.82) is 0 Å². The summed E-state index contributed by atoms with van der Waals surface area (Å²) in [6.07, 6.45) is 0. The van der Waals surface area contributed by atoms with E-state index < -0.39 is 5.54 Å². The molecule has 0 unspecified atom stereocenters. The molecule has 0 saturated carbocycles. The molecule has 0 aliphatic carbocycles. The highest BCUT2D eigenvalue weighted by Gasteiger charge is 2.29. The first-order valence-corrected chi connectivity index (χ1v) is 5.96. The highest BCUT2D eigenvalue weighted by atomic mass is 16.5. The molecule has 1 heterocycles. The second kappa shape index (κ2) is 4.59. The molecule has 1 amide bonds. The van der Waals surface area contributed by atoms with Gasteiger partial charge in [-0.25, -0.2) is 0 Å². The van der Waals surface area contributed by atoms with E-state index in [0.29, 0.717) is 18.8 Å². The van der Waals surface area contributed by atoms with Crippen molar-refractivity contribution in [2.45, 2.75) is 25.9 Å². The van der Waals surface area contributed by atoms with Crippen molar-refractivity contribution in [2.24, 2.45) is 11.5 Å². The monoisotopic (exact) mass is 249 g/mol. The molecule has 0 aromatic heterocycles. The lowest BCUT2D eigenvalue weighted by Crippen LogP contribution is -2.50. The number of hydrogen-bond donors (Lipinski definition) is 2. The maximum atomic E-state index is 11.9. The Hall–Kier alpha value is -1.59. The minimum Gasteiger partial charge on any atom is -0.482 e. The van der Waals surface area contributed by atoms with E-state index in [1.807, 2.05) is 32.0 Å². The molecular weight excluding hydrogens is 230 g/mol. The van der Waals surface area contributed by atoms with E-state index in [0.717, 1.165) is 11.3 Å². The number of nitrogens with two attached hydrogens (primary N) is 2. The molecule has 4 N–H and O–H groups in total.